The van der Waals surface area contributed by atoms with Crippen LogP contribution in [0.2, 0.25) is 0 Å². The third-order valence-corrected chi connectivity index (χ3v) is 8.71. The summed E-state index contributed by atoms with van der Waals surface area (Å²) in [5.41, 5.74) is 9.07. The predicted molar refractivity (Wildman–Crippen MR) is 192 cm³/mol. The van der Waals surface area contributed by atoms with Gasteiger partial charge in [-0.15, -0.1) is 0 Å². The Hall–Kier alpha value is -6.39. The van der Waals surface area contributed by atoms with Gasteiger partial charge in [0.25, 0.3) is 0 Å². The van der Waals surface area contributed by atoms with E-state index >= 15 is 0 Å². The zero-order valence-corrected chi connectivity index (χ0v) is 25.3. The van der Waals surface area contributed by atoms with Gasteiger partial charge in [0.05, 0.1) is 0 Å². The van der Waals surface area contributed by atoms with E-state index in [2.05, 4.69) is 121 Å². The molecule has 0 atom stereocenters. The van der Waals surface area contributed by atoms with E-state index in [1.807, 2.05) is 42.5 Å². The fourth-order valence-electron chi connectivity index (χ4n) is 6.37. The van der Waals surface area contributed by atoms with E-state index in [9.17, 15) is 0 Å². The minimum absolute atomic E-state index is 0.629. The van der Waals surface area contributed by atoms with Crippen LogP contribution in [0.5, 0.6) is 0 Å². The maximum atomic E-state index is 6.34. The lowest BCUT2D eigenvalue weighted by Gasteiger charge is -2.10. The molecule has 0 spiro atoms. The molecule has 0 unspecified atom stereocenters. The molecule has 0 aliphatic heterocycles. The van der Waals surface area contributed by atoms with Gasteiger partial charge in [0.2, 0.25) is 0 Å². The van der Waals surface area contributed by atoms with Crippen molar-refractivity contribution in [3.05, 3.63) is 164 Å². The van der Waals surface area contributed by atoms with Crippen molar-refractivity contribution in [1.82, 2.24) is 15.0 Å². The van der Waals surface area contributed by atoms with Crippen LogP contribution >= 0.6 is 0 Å². The van der Waals surface area contributed by atoms with E-state index in [0.717, 1.165) is 60.9 Å². The highest BCUT2D eigenvalue weighted by atomic mass is 16.3. The Morgan fingerprint density at radius 2 is 0.872 bits per heavy atom. The van der Waals surface area contributed by atoms with Crippen molar-refractivity contribution < 1.29 is 4.42 Å². The number of benzene rings is 7. The van der Waals surface area contributed by atoms with Crippen molar-refractivity contribution in [2.75, 3.05) is 0 Å². The molecule has 7 aromatic carbocycles. The lowest BCUT2D eigenvalue weighted by atomic mass is 9.97. The summed E-state index contributed by atoms with van der Waals surface area (Å²) in [5.74, 6) is 1.91. The van der Waals surface area contributed by atoms with E-state index in [-0.39, 0.29) is 0 Å². The van der Waals surface area contributed by atoms with Crippen LogP contribution in [0.15, 0.2) is 168 Å². The van der Waals surface area contributed by atoms with Crippen LogP contribution in [0.3, 0.4) is 0 Å². The Balaban J connectivity index is 1.15. The van der Waals surface area contributed by atoms with Crippen LogP contribution in [0.1, 0.15) is 0 Å². The van der Waals surface area contributed by atoms with Gasteiger partial charge >= 0.3 is 0 Å². The van der Waals surface area contributed by atoms with Gasteiger partial charge in [-0.3, -0.25) is 0 Å². The van der Waals surface area contributed by atoms with Gasteiger partial charge in [0.15, 0.2) is 17.5 Å². The number of hydrogen-bond donors (Lipinski definition) is 0. The predicted octanol–water partition coefficient (Wildman–Crippen LogP) is 11.3. The number of furan rings is 1. The van der Waals surface area contributed by atoms with Crippen molar-refractivity contribution >= 4 is 32.7 Å². The maximum Gasteiger partial charge on any atom is 0.164 e. The van der Waals surface area contributed by atoms with E-state index in [4.69, 9.17) is 19.4 Å². The molecule has 0 radical (unpaired) electrons. The van der Waals surface area contributed by atoms with Gasteiger partial charge < -0.3 is 4.42 Å². The Morgan fingerprint density at radius 1 is 0.340 bits per heavy atom. The van der Waals surface area contributed by atoms with Crippen LogP contribution in [0.25, 0.3) is 89.1 Å². The molecule has 0 bridgehead atoms. The molecule has 2 aromatic heterocycles. The minimum Gasteiger partial charge on any atom is -0.456 e. The van der Waals surface area contributed by atoms with E-state index in [1.54, 1.807) is 0 Å². The number of nitrogens with zero attached hydrogens (tertiary/aromatic N) is 3. The second kappa shape index (κ2) is 11.2. The molecular formula is C43H27N3O. The van der Waals surface area contributed by atoms with Gasteiger partial charge in [-0.25, -0.2) is 15.0 Å². The second-order valence-corrected chi connectivity index (χ2v) is 11.7. The molecule has 9 aromatic rings. The number of aromatic nitrogens is 3. The molecule has 2 heterocycles. The Labute approximate surface area is 271 Å². The SMILES string of the molecule is c1ccc(-c2cccc(-c3nc(-c4ccccc4)nc(-c4ccc(-c5cccc6oc7cc8ccccc8cc7c56)cc4)n3)c2)cc1. The smallest absolute Gasteiger partial charge is 0.164 e. The van der Waals surface area contributed by atoms with Gasteiger partial charge in [0, 0.05) is 27.5 Å². The van der Waals surface area contributed by atoms with Crippen molar-refractivity contribution in [1.29, 1.82) is 0 Å². The number of hydrogen-bond acceptors (Lipinski definition) is 4. The number of fused-ring (bicyclic) bond motifs is 4. The molecule has 0 saturated heterocycles. The van der Waals surface area contributed by atoms with Gasteiger partial charge in [-0.2, -0.15) is 0 Å². The lowest BCUT2D eigenvalue weighted by molar-refractivity contribution is 0.669. The Bertz CT molecular complexity index is 2550. The van der Waals surface area contributed by atoms with Crippen LogP contribution in [0, 0.1) is 0 Å². The largest absolute Gasteiger partial charge is 0.456 e. The van der Waals surface area contributed by atoms with Gasteiger partial charge in [-0.1, -0.05) is 140 Å². The van der Waals surface area contributed by atoms with Crippen LogP contribution in [-0.2, 0) is 0 Å². The summed E-state index contributed by atoms with van der Waals surface area (Å²) in [4.78, 5) is 14.9. The Kier molecular flexibility index (Phi) is 6.43. The first-order chi connectivity index (χ1) is 23.3. The average molecular weight is 602 g/mol. The summed E-state index contributed by atoms with van der Waals surface area (Å²) in [6.45, 7) is 0. The first-order valence-electron chi connectivity index (χ1n) is 15.7. The maximum absolute atomic E-state index is 6.34. The molecule has 0 aliphatic carbocycles. The molecule has 47 heavy (non-hydrogen) atoms. The van der Waals surface area contributed by atoms with Crippen molar-refractivity contribution in [2.24, 2.45) is 0 Å². The second-order valence-electron chi connectivity index (χ2n) is 11.7. The molecule has 220 valence electrons. The van der Waals surface area contributed by atoms with Crippen LogP contribution < -0.4 is 0 Å². The first-order valence-corrected chi connectivity index (χ1v) is 15.7. The van der Waals surface area contributed by atoms with E-state index < -0.39 is 0 Å². The van der Waals surface area contributed by atoms with Gasteiger partial charge in [0.1, 0.15) is 11.2 Å². The zero-order valence-electron chi connectivity index (χ0n) is 25.3. The summed E-state index contributed by atoms with van der Waals surface area (Å²) in [6, 6.07) is 56.3. The summed E-state index contributed by atoms with van der Waals surface area (Å²) >= 11 is 0. The van der Waals surface area contributed by atoms with Crippen LogP contribution in [-0.4, -0.2) is 15.0 Å². The first kappa shape index (κ1) is 27.0. The number of rotatable bonds is 5. The molecule has 0 amide bonds. The summed E-state index contributed by atoms with van der Waals surface area (Å²) < 4.78 is 6.34. The van der Waals surface area contributed by atoms with E-state index in [0.29, 0.717) is 17.5 Å². The molecule has 0 saturated carbocycles. The average Bonchev–Trinajstić information content (AvgIpc) is 3.52. The highest BCUT2D eigenvalue weighted by molar-refractivity contribution is 6.15. The molecule has 9 rings (SSSR count). The standard InChI is InChI=1S/C43H27N3O/c1-3-11-28(12-4-1)32-17-9-18-35(25-32)43-45-41(30-13-5-2-6-14-30)44-42(46-43)31-23-21-29(22-24-31)36-19-10-20-38-40(36)37-26-33-15-7-8-16-34(33)27-39(37)47-38/h1-27H. The lowest BCUT2D eigenvalue weighted by Crippen LogP contribution is -2.00. The molecule has 4 nitrogen and oxygen atoms in total. The van der Waals surface area contributed by atoms with E-state index in [1.165, 1.54) is 10.8 Å². The molecule has 4 heteroatoms. The highest BCUT2D eigenvalue weighted by Gasteiger charge is 2.16. The molecule has 0 N–H and O–H groups in total. The summed E-state index contributed by atoms with van der Waals surface area (Å²) in [7, 11) is 0. The fourth-order valence-corrected chi connectivity index (χ4v) is 6.37. The molecule has 0 fully saturated rings. The summed E-state index contributed by atoms with van der Waals surface area (Å²) in [6.07, 6.45) is 0. The fraction of sp³-hybridized carbons (Fsp3) is 0. The van der Waals surface area contributed by atoms with Gasteiger partial charge in [-0.05, 0) is 57.3 Å². The quantitative estimate of drug-likeness (QED) is 0.197. The monoisotopic (exact) mass is 601 g/mol. The van der Waals surface area contributed by atoms with Crippen molar-refractivity contribution in [3.8, 4) is 56.4 Å². The highest BCUT2D eigenvalue weighted by Crippen LogP contribution is 2.39. The minimum atomic E-state index is 0.629. The Morgan fingerprint density at radius 3 is 1.60 bits per heavy atom. The van der Waals surface area contributed by atoms with Crippen molar-refractivity contribution in [3.63, 3.8) is 0 Å². The van der Waals surface area contributed by atoms with Crippen LogP contribution in [0.4, 0.5) is 0 Å². The normalized spacial score (nSPS) is 11.4. The molecular weight excluding hydrogens is 574 g/mol. The topological polar surface area (TPSA) is 51.8 Å². The zero-order chi connectivity index (χ0) is 31.2. The summed E-state index contributed by atoms with van der Waals surface area (Å²) in [5, 5.41) is 4.60. The van der Waals surface area contributed by atoms with Crippen molar-refractivity contribution in [2.45, 2.75) is 0 Å². The third kappa shape index (κ3) is 4.93. The molecule has 0 aliphatic rings. The third-order valence-electron chi connectivity index (χ3n) is 8.71.